The number of carbonyl (C=O) groups is 1. The number of carbonyl (C=O) groups excluding carboxylic acids is 1. The van der Waals surface area contributed by atoms with Crippen LogP contribution in [0.15, 0.2) is 24.3 Å². The van der Waals surface area contributed by atoms with Gasteiger partial charge in [0, 0.05) is 25.3 Å². The van der Waals surface area contributed by atoms with Crippen molar-refractivity contribution >= 4 is 18.3 Å². The zero-order valence-corrected chi connectivity index (χ0v) is 11.9. The summed E-state index contributed by atoms with van der Waals surface area (Å²) in [6.07, 6.45) is 2.38. The van der Waals surface area contributed by atoms with E-state index in [-0.39, 0.29) is 24.4 Å². The van der Waals surface area contributed by atoms with Crippen LogP contribution in [0.1, 0.15) is 28.8 Å². The summed E-state index contributed by atoms with van der Waals surface area (Å²) in [5.41, 5.74) is 7.53. The SMILES string of the molecule is COCc1ccccc1C(=O)NCC(N)C1CC1.Cl. The summed E-state index contributed by atoms with van der Waals surface area (Å²) in [7, 11) is 1.62. The Hall–Kier alpha value is -1.10. The van der Waals surface area contributed by atoms with Gasteiger partial charge in [0.15, 0.2) is 0 Å². The van der Waals surface area contributed by atoms with Crippen LogP contribution in [0.4, 0.5) is 0 Å². The van der Waals surface area contributed by atoms with Crippen LogP contribution in [-0.2, 0) is 11.3 Å². The van der Waals surface area contributed by atoms with E-state index in [0.717, 1.165) is 5.56 Å². The molecule has 19 heavy (non-hydrogen) atoms. The number of ether oxygens (including phenoxy) is 1. The van der Waals surface area contributed by atoms with Crippen molar-refractivity contribution in [3.05, 3.63) is 35.4 Å². The number of benzene rings is 1. The molecule has 3 N–H and O–H groups in total. The van der Waals surface area contributed by atoms with Crippen molar-refractivity contribution < 1.29 is 9.53 Å². The van der Waals surface area contributed by atoms with Crippen molar-refractivity contribution in [2.24, 2.45) is 11.7 Å². The zero-order chi connectivity index (χ0) is 13.0. The van der Waals surface area contributed by atoms with Gasteiger partial charge >= 0.3 is 0 Å². The van der Waals surface area contributed by atoms with Crippen molar-refractivity contribution in [3.8, 4) is 0 Å². The molecule has 1 aliphatic carbocycles. The number of rotatable bonds is 6. The van der Waals surface area contributed by atoms with Gasteiger partial charge < -0.3 is 15.8 Å². The number of methoxy groups -OCH3 is 1. The van der Waals surface area contributed by atoms with Crippen molar-refractivity contribution in [2.45, 2.75) is 25.5 Å². The summed E-state index contributed by atoms with van der Waals surface area (Å²) in [6.45, 7) is 0.989. The minimum absolute atomic E-state index is 0. The molecule has 0 radical (unpaired) electrons. The van der Waals surface area contributed by atoms with Crippen molar-refractivity contribution in [1.82, 2.24) is 5.32 Å². The first-order valence-electron chi connectivity index (χ1n) is 6.33. The molecule has 1 fully saturated rings. The van der Waals surface area contributed by atoms with Crippen molar-refractivity contribution in [2.75, 3.05) is 13.7 Å². The minimum Gasteiger partial charge on any atom is -0.380 e. The fourth-order valence-corrected chi connectivity index (χ4v) is 2.02. The molecule has 1 amide bonds. The second-order valence-electron chi connectivity index (χ2n) is 4.80. The number of halogens is 1. The Morgan fingerprint density at radius 2 is 2.16 bits per heavy atom. The highest BCUT2D eigenvalue weighted by Gasteiger charge is 2.28. The lowest BCUT2D eigenvalue weighted by molar-refractivity contribution is 0.0945. The monoisotopic (exact) mass is 284 g/mol. The molecule has 106 valence electrons. The van der Waals surface area contributed by atoms with Gasteiger partial charge in [-0.1, -0.05) is 18.2 Å². The van der Waals surface area contributed by atoms with E-state index in [1.165, 1.54) is 12.8 Å². The van der Waals surface area contributed by atoms with Gasteiger partial charge in [-0.15, -0.1) is 12.4 Å². The van der Waals surface area contributed by atoms with Gasteiger partial charge in [0.05, 0.1) is 6.61 Å². The highest BCUT2D eigenvalue weighted by atomic mass is 35.5. The third-order valence-corrected chi connectivity index (χ3v) is 3.29. The fourth-order valence-electron chi connectivity index (χ4n) is 2.02. The Morgan fingerprint density at radius 3 is 2.79 bits per heavy atom. The second-order valence-corrected chi connectivity index (χ2v) is 4.80. The van der Waals surface area contributed by atoms with E-state index in [1.54, 1.807) is 7.11 Å². The summed E-state index contributed by atoms with van der Waals surface area (Å²) in [6, 6.07) is 7.56. The minimum atomic E-state index is -0.0706. The molecule has 1 aromatic carbocycles. The van der Waals surface area contributed by atoms with E-state index < -0.39 is 0 Å². The van der Waals surface area contributed by atoms with E-state index in [0.29, 0.717) is 24.6 Å². The third kappa shape index (κ3) is 4.49. The van der Waals surface area contributed by atoms with Crippen LogP contribution < -0.4 is 11.1 Å². The standard InChI is InChI=1S/C14H20N2O2.ClH/c1-18-9-11-4-2-3-5-12(11)14(17)16-8-13(15)10-6-7-10;/h2-5,10,13H,6-9,15H2,1H3,(H,16,17);1H. The molecule has 1 unspecified atom stereocenters. The van der Waals surface area contributed by atoms with Gasteiger partial charge in [0.25, 0.3) is 5.91 Å². The number of nitrogens with one attached hydrogen (secondary N) is 1. The fraction of sp³-hybridized carbons (Fsp3) is 0.500. The third-order valence-electron chi connectivity index (χ3n) is 3.29. The van der Waals surface area contributed by atoms with Crippen LogP contribution in [0.3, 0.4) is 0 Å². The number of hydrogen-bond acceptors (Lipinski definition) is 3. The lowest BCUT2D eigenvalue weighted by Gasteiger charge is -2.13. The molecule has 2 rings (SSSR count). The second kappa shape index (κ2) is 7.48. The van der Waals surface area contributed by atoms with Crippen LogP contribution in [0.2, 0.25) is 0 Å². The molecule has 0 spiro atoms. The maximum absolute atomic E-state index is 12.1. The molecule has 0 aromatic heterocycles. The molecule has 1 saturated carbocycles. The molecule has 1 aliphatic rings. The van der Waals surface area contributed by atoms with Crippen LogP contribution in [0, 0.1) is 5.92 Å². The first-order valence-corrected chi connectivity index (χ1v) is 6.33. The molecule has 0 saturated heterocycles. The van der Waals surface area contributed by atoms with E-state index in [1.807, 2.05) is 24.3 Å². The lowest BCUT2D eigenvalue weighted by atomic mass is 10.1. The van der Waals surface area contributed by atoms with Gasteiger partial charge in [-0.3, -0.25) is 4.79 Å². The highest BCUT2D eigenvalue weighted by Crippen LogP contribution is 2.31. The average Bonchev–Trinajstić information content (AvgIpc) is 3.21. The number of nitrogens with two attached hydrogens (primary N) is 1. The highest BCUT2D eigenvalue weighted by molar-refractivity contribution is 5.95. The van der Waals surface area contributed by atoms with Crippen molar-refractivity contribution in [3.63, 3.8) is 0 Å². The summed E-state index contributed by atoms with van der Waals surface area (Å²) in [4.78, 5) is 12.1. The Kier molecular flexibility index (Phi) is 6.28. The molecule has 5 heteroatoms. The van der Waals surface area contributed by atoms with Gasteiger partial charge in [-0.2, -0.15) is 0 Å². The van der Waals surface area contributed by atoms with E-state index >= 15 is 0 Å². The average molecular weight is 285 g/mol. The van der Waals surface area contributed by atoms with Crippen LogP contribution in [0.5, 0.6) is 0 Å². The summed E-state index contributed by atoms with van der Waals surface area (Å²) in [5, 5.41) is 2.90. The molecule has 0 aliphatic heterocycles. The predicted octanol–water partition coefficient (Wildman–Crippen LogP) is 1.72. The van der Waals surface area contributed by atoms with Crippen LogP contribution in [0.25, 0.3) is 0 Å². The Morgan fingerprint density at radius 1 is 1.47 bits per heavy atom. The van der Waals surface area contributed by atoms with Crippen molar-refractivity contribution in [1.29, 1.82) is 0 Å². The first kappa shape index (κ1) is 16.0. The summed E-state index contributed by atoms with van der Waals surface area (Å²) < 4.78 is 5.09. The number of hydrogen-bond donors (Lipinski definition) is 2. The first-order chi connectivity index (χ1) is 8.72. The maximum atomic E-state index is 12.1. The summed E-state index contributed by atoms with van der Waals surface area (Å²) >= 11 is 0. The Bertz CT molecular complexity index is 422. The number of amides is 1. The zero-order valence-electron chi connectivity index (χ0n) is 11.1. The van der Waals surface area contributed by atoms with Gasteiger partial charge in [-0.05, 0) is 30.4 Å². The van der Waals surface area contributed by atoms with E-state index in [4.69, 9.17) is 10.5 Å². The van der Waals surface area contributed by atoms with Gasteiger partial charge in [-0.25, -0.2) is 0 Å². The topological polar surface area (TPSA) is 64.3 Å². The Balaban J connectivity index is 0.00000180. The van der Waals surface area contributed by atoms with E-state index in [9.17, 15) is 4.79 Å². The van der Waals surface area contributed by atoms with Gasteiger partial charge in [0.2, 0.25) is 0 Å². The predicted molar refractivity (Wildman–Crippen MR) is 77.4 cm³/mol. The normalized spacial score (nSPS) is 15.5. The smallest absolute Gasteiger partial charge is 0.251 e. The summed E-state index contributed by atoms with van der Waals surface area (Å²) in [5.74, 6) is 0.526. The van der Waals surface area contributed by atoms with Gasteiger partial charge in [0.1, 0.15) is 0 Å². The molecule has 1 atom stereocenters. The van der Waals surface area contributed by atoms with E-state index in [2.05, 4.69) is 5.32 Å². The molecule has 4 nitrogen and oxygen atoms in total. The molecule has 0 heterocycles. The molecule has 0 bridgehead atoms. The molecular weight excluding hydrogens is 264 g/mol. The largest absolute Gasteiger partial charge is 0.380 e. The maximum Gasteiger partial charge on any atom is 0.251 e. The Labute approximate surface area is 120 Å². The van der Waals surface area contributed by atoms with Crippen LogP contribution in [-0.4, -0.2) is 25.6 Å². The quantitative estimate of drug-likeness (QED) is 0.836. The lowest BCUT2D eigenvalue weighted by Crippen LogP contribution is -2.38. The molecular formula is C14H21ClN2O2. The molecule has 1 aromatic rings. The van der Waals surface area contributed by atoms with Crippen LogP contribution >= 0.6 is 12.4 Å².